The molecule has 1 saturated heterocycles. The van der Waals surface area contributed by atoms with E-state index in [1.165, 1.54) is 26.7 Å². The maximum Gasteiger partial charge on any atom is 0.233 e. The number of carbonyl (C=O) groups excluding carboxylic acids is 3. The van der Waals surface area contributed by atoms with Gasteiger partial charge in [-0.1, -0.05) is 43.2 Å². The Bertz CT molecular complexity index is 998. The molecule has 8 heteroatoms. The van der Waals surface area contributed by atoms with E-state index in [9.17, 15) is 14.4 Å². The summed E-state index contributed by atoms with van der Waals surface area (Å²) in [6.45, 7) is 2.84. The standard InChI is InChI=1S/C24H28N4O3S/c29-21(11-13-28-22(30)17-8-4-5-9-18(17)23(28)31)26-24-25-19-10-12-27(15-20(19)32-24)14-16-6-2-1-3-7-16/h1-3,6-7,17-18H,4-5,8-15H2,(H,25,26,29). The van der Waals surface area contributed by atoms with Crippen LogP contribution < -0.4 is 5.32 Å². The monoisotopic (exact) mass is 452 g/mol. The van der Waals surface area contributed by atoms with E-state index in [1.807, 2.05) is 6.07 Å². The van der Waals surface area contributed by atoms with Crippen LogP contribution in [0.2, 0.25) is 0 Å². The van der Waals surface area contributed by atoms with Gasteiger partial charge in [-0.05, 0) is 18.4 Å². The minimum atomic E-state index is -0.201. The van der Waals surface area contributed by atoms with Crippen molar-refractivity contribution in [3.8, 4) is 0 Å². The number of nitrogens with zero attached hydrogens (tertiary/aromatic N) is 3. The van der Waals surface area contributed by atoms with Gasteiger partial charge >= 0.3 is 0 Å². The molecule has 2 atom stereocenters. The smallest absolute Gasteiger partial charge is 0.233 e. The average molecular weight is 453 g/mol. The Morgan fingerprint density at radius 1 is 1.09 bits per heavy atom. The van der Waals surface area contributed by atoms with E-state index in [2.05, 4.69) is 39.5 Å². The zero-order valence-corrected chi connectivity index (χ0v) is 18.9. The fourth-order valence-corrected chi connectivity index (χ4v) is 6.19. The second-order valence-electron chi connectivity index (χ2n) is 8.96. The molecule has 2 unspecified atom stereocenters. The first-order valence-corrected chi connectivity index (χ1v) is 12.3. The summed E-state index contributed by atoms with van der Waals surface area (Å²) in [7, 11) is 0. The minimum absolute atomic E-state index is 0.0873. The topological polar surface area (TPSA) is 82.6 Å². The SMILES string of the molecule is O=C(CCN1C(=O)C2CCCCC2C1=O)Nc1nc2c(s1)CN(Cc1ccccc1)CC2. The summed E-state index contributed by atoms with van der Waals surface area (Å²) in [6, 6.07) is 10.4. The molecule has 1 saturated carbocycles. The highest BCUT2D eigenvalue weighted by Crippen LogP contribution is 2.38. The first-order valence-electron chi connectivity index (χ1n) is 11.5. The summed E-state index contributed by atoms with van der Waals surface area (Å²) >= 11 is 1.52. The summed E-state index contributed by atoms with van der Waals surface area (Å²) in [4.78, 5) is 47.2. The maximum atomic E-state index is 12.6. The highest BCUT2D eigenvalue weighted by atomic mass is 32.1. The number of carbonyl (C=O) groups is 3. The van der Waals surface area contributed by atoms with Gasteiger partial charge in [-0.3, -0.25) is 24.2 Å². The van der Waals surface area contributed by atoms with Crippen LogP contribution in [0.1, 0.15) is 48.2 Å². The van der Waals surface area contributed by atoms with Gasteiger partial charge in [-0.2, -0.15) is 0 Å². The van der Waals surface area contributed by atoms with Crippen LogP contribution in [-0.4, -0.2) is 45.6 Å². The van der Waals surface area contributed by atoms with Gasteiger partial charge in [0.1, 0.15) is 0 Å². The van der Waals surface area contributed by atoms with Crippen molar-refractivity contribution in [3.05, 3.63) is 46.5 Å². The van der Waals surface area contributed by atoms with Crippen molar-refractivity contribution in [1.82, 2.24) is 14.8 Å². The average Bonchev–Trinajstić information content (AvgIpc) is 3.31. The summed E-state index contributed by atoms with van der Waals surface area (Å²) < 4.78 is 0. The summed E-state index contributed by atoms with van der Waals surface area (Å²) in [6.07, 6.45) is 4.58. The Morgan fingerprint density at radius 3 is 2.53 bits per heavy atom. The maximum absolute atomic E-state index is 12.6. The molecule has 168 valence electrons. The summed E-state index contributed by atoms with van der Waals surface area (Å²) in [5.41, 5.74) is 2.35. The van der Waals surface area contributed by atoms with E-state index in [4.69, 9.17) is 0 Å². The summed E-state index contributed by atoms with van der Waals surface area (Å²) in [5.74, 6) is -0.702. The number of thiazole rings is 1. The molecule has 1 aliphatic carbocycles. The molecular formula is C24H28N4O3S. The molecule has 2 aromatic rings. The summed E-state index contributed by atoms with van der Waals surface area (Å²) in [5, 5.41) is 3.49. The molecule has 2 fully saturated rings. The number of hydrogen-bond acceptors (Lipinski definition) is 6. The van der Waals surface area contributed by atoms with Crippen molar-refractivity contribution >= 4 is 34.2 Å². The van der Waals surface area contributed by atoms with Crippen molar-refractivity contribution in [3.63, 3.8) is 0 Å². The second kappa shape index (κ2) is 9.11. The van der Waals surface area contributed by atoms with E-state index in [0.29, 0.717) is 5.13 Å². The lowest BCUT2D eigenvalue weighted by atomic mass is 9.81. The minimum Gasteiger partial charge on any atom is -0.302 e. The molecule has 1 aromatic carbocycles. The predicted octanol–water partition coefficient (Wildman–Crippen LogP) is 3.21. The number of nitrogens with one attached hydrogen (secondary N) is 1. The number of anilines is 1. The van der Waals surface area contributed by atoms with Crippen molar-refractivity contribution in [2.75, 3.05) is 18.4 Å². The van der Waals surface area contributed by atoms with Gasteiger partial charge in [0.2, 0.25) is 17.7 Å². The molecule has 32 heavy (non-hydrogen) atoms. The van der Waals surface area contributed by atoms with Gasteiger partial charge < -0.3 is 5.32 Å². The zero-order valence-electron chi connectivity index (χ0n) is 18.1. The Labute approximate surface area is 191 Å². The molecule has 7 nitrogen and oxygen atoms in total. The Morgan fingerprint density at radius 2 is 1.81 bits per heavy atom. The van der Waals surface area contributed by atoms with Crippen molar-refractivity contribution < 1.29 is 14.4 Å². The molecule has 1 N–H and O–H groups in total. The first kappa shape index (κ1) is 21.3. The molecule has 0 bridgehead atoms. The van der Waals surface area contributed by atoms with Crippen LogP contribution >= 0.6 is 11.3 Å². The first-order chi connectivity index (χ1) is 15.6. The van der Waals surface area contributed by atoms with Crippen molar-refractivity contribution in [2.45, 2.75) is 51.6 Å². The predicted molar refractivity (Wildman–Crippen MR) is 122 cm³/mol. The lowest BCUT2D eigenvalue weighted by Crippen LogP contribution is -2.34. The van der Waals surface area contributed by atoms with Crippen LogP contribution in [0.25, 0.3) is 0 Å². The van der Waals surface area contributed by atoms with E-state index >= 15 is 0 Å². The van der Waals surface area contributed by atoms with E-state index in [1.54, 1.807) is 0 Å². The number of aromatic nitrogens is 1. The fraction of sp³-hybridized carbons (Fsp3) is 0.500. The lowest BCUT2D eigenvalue weighted by Gasteiger charge is -2.25. The number of benzene rings is 1. The molecule has 3 aliphatic rings. The van der Waals surface area contributed by atoms with Crippen LogP contribution in [0, 0.1) is 11.8 Å². The molecule has 3 heterocycles. The van der Waals surface area contributed by atoms with Gasteiger partial charge in [0.15, 0.2) is 5.13 Å². The fourth-order valence-electron chi connectivity index (χ4n) is 5.12. The Balaban J connectivity index is 1.14. The largest absolute Gasteiger partial charge is 0.302 e. The van der Waals surface area contributed by atoms with E-state index < -0.39 is 0 Å². The van der Waals surface area contributed by atoms with Crippen LogP contribution in [0.4, 0.5) is 5.13 Å². The molecule has 2 aliphatic heterocycles. The van der Waals surface area contributed by atoms with Gasteiger partial charge in [-0.15, -0.1) is 11.3 Å². The quantitative estimate of drug-likeness (QED) is 0.681. The van der Waals surface area contributed by atoms with E-state index in [0.717, 1.165) is 57.4 Å². The lowest BCUT2D eigenvalue weighted by molar-refractivity contribution is -0.140. The third-order valence-electron chi connectivity index (χ3n) is 6.80. The van der Waals surface area contributed by atoms with Crippen LogP contribution in [-0.2, 0) is 33.9 Å². The Kier molecular flexibility index (Phi) is 6.06. The highest BCUT2D eigenvalue weighted by Gasteiger charge is 2.47. The number of likely N-dealkylation sites (tertiary alicyclic amines) is 1. The molecule has 1 aromatic heterocycles. The number of rotatable bonds is 6. The van der Waals surface area contributed by atoms with E-state index in [-0.39, 0.29) is 42.5 Å². The Hall–Kier alpha value is -2.58. The van der Waals surface area contributed by atoms with Crippen LogP contribution in [0.3, 0.4) is 0 Å². The highest BCUT2D eigenvalue weighted by molar-refractivity contribution is 7.15. The zero-order chi connectivity index (χ0) is 22.1. The normalized spacial score (nSPS) is 23.2. The van der Waals surface area contributed by atoms with Crippen molar-refractivity contribution in [1.29, 1.82) is 0 Å². The number of fused-ring (bicyclic) bond motifs is 2. The number of hydrogen-bond donors (Lipinski definition) is 1. The molecule has 0 radical (unpaired) electrons. The molecular weight excluding hydrogens is 424 g/mol. The number of imide groups is 1. The van der Waals surface area contributed by atoms with Gasteiger partial charge in [-0.25, -0.2) is 4.98 Å². The third-order valence-corrected chi connectivity index (χ3v) is 7.80. The number of amides is 3. The third kappa shape index (κ3) is 4.34. The molecule has 5 rings (SSSR count). The van der Waals surface area contributed by atoms with Gasteiger partial charge in [0, 0.05) is 43.9 Å². The van der Waals surface area contributed by atoms with Crippen LogP contribution in [0.5, 0.6) is 0 Å². The van der Waals surface area contributed by atoms with Gasteiger partial charge in [0.25, 0.3) is 0 Å². The molecule has 0 spiro atoms. The van der Waals surface area contributed by atoms with Gasteiger partial charge in [0.05, 0.1) is 17.5 Å². The van der Waals surface area contributed by atoms with Crippen LogP contribution in [0.15, 0.2) is 30.3 Å². The van der Waals surface area contributed by atoms with Crippen molar-refractivity contribution in [2.24, 2.45) is 11.8 Å². The second-order valence-corrected chi connectivity index (χ2v) is 10.0. The molecule has 3 amide bonds.